The zero-order valence-electron chi connectivity index (χ0n) is 16.9. The number of carbonyl (C=O) groups is 2. The van der Waals surface area contributed by atoms with Crippen LogP contribution in [0.2, 0.25) is 0 Å². The van der Waals surface area contributed by atoms with Gasteiger partial charge in [-0.25, -0.2) is 0 Å². The van der Waals surface area contributed by atoms with E-state index in [2.05, 4.69) is 15.7 Å². The first-order valence-electron chi connectivity index (χ1n) is 10.5. The van der Waals surface area contributed by atoms with Crippen molar-refractivity contribution in [2.24, 2.45) is 10.8 Å². The molecule has 30 heavy (non-hydrogen) atoms. The number of carbonyl (C=O) groups excluding carboxylic acids is 2. The number of primary amides is 1. The number of amides is 2. The van der Waals surface area contributed by atoms with Crippen LogP contribution >= 0.6 is 0 Å². The molecule has 0 radical (unpaired) electrons. The first-order valence-corrected chi connectivity index (χ1v) is 10.5. The Labute approximate surface area is 176 Å². The molecule has 1 heterocycles. The largest absolute Gasteiger partial charge is 0.382 e. The second-order valence-electron chi connectivity index (χ2n) is 7.86. The molecule has 0 aromatic heterocycles. The highest BCUT2D eigenvalue weighted by Crippen LogP contribution is 2.25. The number of hydrogen-bond acceptors (Lipinski definition) is 5. The van der Waals surface area contributed by atoms with E-state index in [-0.39, 0.29) is 18.0 Å². The lowest BCUT2D eigenvalue weighted by Crippen LogP contribution is -2.39. The van der Waals surface area contributed by atoms with Gasteiger partial charge >= 0.3 is 0 Å². The number of nitrogens with zero attached hydrogens (tertiary/aromatic N) is 2. The monoisotopic (exact) mass is 405 g/mol. The maximum absolute atomic E-state index is 12.7. The van der Waals surface area contributed by atoms with Crippen molar-refractivity contribution in [2.45, 2.75) is 50.6 Å². The first kappa shape index (κ1) is 19.9. The summed E-state index contributed by atoms with van der Waals surface area (Å²) >= 11 is 0. The lowest BCUT2D eigenvalue weighted by atomic mass is 9.95. The van der Waals surface area contributed by atoms with Crippen LogP contribution in [0.25, 0.3) is 0 Å². The van der Waals surface area contributed by atoms with Crippen molar-refractivity contribution in [3.05, 3.63) is 54.6 Å². The number of benzene rings is 2. The summed E-state index contributed by atoms with van der Waals surface area (Å²) in [5.74, 6) is -0.837. The van der Waals surface area contributed by atoms with Crippen molar-refractivity contribution in [2.75, 3.05) is 15.6 Å². The first-order chi connectivity index (χ1) is 14.6. The van der Waals surface area contributed by atoms with Crippen molar-refractivity contribution < 1.29 is 9.59 Å². The minimum absolute atomic E-state index is 0.178. The Kier molecular flexibility index (Phi) is 5.97. The Hall–Kier alpha value is -3.35. The maximum atomic E-state index is 12.7. The highest BCUT2D eigenvalue weighted by atomic mass is 16.2. The van der Waals surface area contributed by atoms with Crippen molar-refractivity contribution >= 4 is 34.6 Å². The maximum Gasteiger partial charge on any atom is 0.271 e. The highest BCUT2D eigenvalue weighted by molar-refractivity contribution is 6.44. The van der Waals surface area contributed by atoms with Gasteiger partial charge in [-0.05, 0) is 49.2 Å². The zero-order chi connectivity index (χ0) is 20.9. The molecule has 2 aliphatic rings. The molecular formula is C23H27N5O2. The number of rotatable bonds is 6. The molecule has 1 atom stereocenters. The summed E-state index contributed by atoms with van der Waals surface area (Å²) in [6, 6.07) is 16.8. The average molecular weight is 406 g/mol. The van der Waals surface area contributed by atoms with Gasteiger partial charge in [0.2, 0.25) is 5.91 Å². The van der Waals surface area contributed by atoms with E-state index in [0.29, 0.717) is 11.7 Å². The third-order valence-electron chi connectivity index (χ3n) is 5.64. The molecule has 7 heteroatoms. The fourth-order valence-electron chi connectivity index (χ4n) is 4.02. The lowest BCUT2D eigenvalue weighted by molar-refractivity contribution is -0.119. The van der Waals surface area contributed by atoms with E-state index in [0.717, 1.165) is 11.4 Å². The molecular weight excluding hydrogens is 378 g/mol. The second kappa shape index (κ2) is 8.98. The predicted octanol–water partition coefficient (Wildman–Crippen LogP) is 3.49. The SMILES string of the molecule is NC(=O)C1CC(C(=O)Nc2ccc(NC3CCCCC3)cc2)=NN1c1ccccc1. The molecule has 4 rings (SSSR count). The molecule has 1 fully saturated rings. The predicted molar refractivity (Wildman–Crippen MR) is 120 cm³/mol. The van der Waals surface area contributed by atoms with Gasteiger partial charge in [0, 0.05) is 23.8 Å². The number of para-hydroxylation sites is 1. The van der Waals surface area contributed by atoms with E-state index in [1.807, 2.05) is 54.6 Å². The Balaban J connectivity index is 1.41. The molecule has 7 nitrogen and oxygen atoms in total. The summed E-state index contributed by atoms with van der Waals surface area (Å²) < 4.78 is 0. The molecule has 1 aliphatic heterocycles. The van der Waals surface area contributed by atoms with E-state index < -0.39 is 11.9 Å². The fourth-order valence-corrected chi connectivity index (χ4v) is 4.02. The van der Waals surface area contributed by atoms with Gasteiger partial charge in [0.05, 0.1) is 5.69 Å². The average Bonchev–Trinajstić information content (AvgIpc) is 3.23. The second-order valence-corrected chi connectivity index (χ2v) is 7.86. The number of nitrogens with two attached hydrogens (primary N) is 1. The van der Waals surface area contributed by atoms with Crippen LogP contribution in [0.5, 0.6) is 0 Å². The van der Waals surface area contributed by atoms with Crippen LogP contribution in [-0.2, 0) is 9.59 Å². The third kappa shape index (κ3) is 4.62. The van der Waals surface area contributed by atoms with Crippen molar-refractivity contribution in [1.29, 1.82) is 0 Å². The highest BCUT2D eigenvalue weighted by Gasteiger charge is 2.34. The summed E-state index contributed by atoms with van der Waals surface area (Å²) in [5.41, 5.74) is 8.29. The minimum Gasteiger partial charge on any atom is -0.382 e. The van der Waals surface area contributed by atoms with Crippen LogP contribution in [0.15, 0.2) is 59.7 Å². The summed E-state index contributed by atoms with van der Waals surface area (Å²) in [4.78, 5) is 24.6. The van der Waals surface area contributed by atoms with E-state index in [9.17, 15) is 9.59 Å². The summed E-state index contributed by atoms with van der Waals surface area (Å²) in [7, 11) is 0. The molecule has 156 valence electrons. The van der Waals surface area contributed by atoms with E-state index in [1.54, 1.807) is 0 Å². The summed E-state index contributed by atoms with van der Waals surface area (Å²) in [6.45, 7) is 0. The molecule has 0 bridgehead atoms. The van der Waals surface area contributed by atoms with Crippen molar-refractivity contribution in [3.63, 3.8) is 0 Å². The summed E-state index contributed by atoms with van der Waals surface area (Å²) in [6.07, 6.45) is 6.47. The molecule has 0 saturated heterocycles. The van der Waals surface area contributed by atoms with Crippen LogP contribution in [0, 0.1) is 0 Å². The van der Waals surface area contributed by atoms with Crippen molar-refractivity contribution in [3.8, 4) is 0 Å². The van der Waals surface area contributed by atoms with Gasteiger partial charge in [0.25, 0.3) is 5.91 Å². The molecule has 1 saturated carbocycles. The fraction of sp³-hybridized carbons (Fsp3) is 0.348. The topological polar surface area (TPSA) is 99.8 Å². The van der Waals surface area contributed by atoms with Gasteiger partial charge in [-0.3, -0.25) is 14.6 Å². The minimum atomic E-state index is -0.671. The standard InChI is InChI=1S/C23H27N5O2/c24-22(29)21-15-20(27-28(21)19-9-5-2-6-10-19)23(30)26-18-13-11-17(12-14-18)25-16-7-3-1-4-8-16/h2,5-6,9-14,16,21,25H,1,3-4,7-8,15H2,(H2,24,29)(H,26,30). The number of hydrogen-bond donors (Lipinski definition) is 3. The van der Waals surface area contributed by atoms with Crippen molar-refractivity contribution in [1.82, 2.24) is 0 Å². The molecule has 2 aromatic rings. The van der Waals surface area contributed by atoms with E-state index in [4.69, 9.17) is 5.73 Å². The molecule has 2 amide bonds. The number of nitrogens with one attached hydrogen (secondary N) is 2. The van der Waals surface area contributed by atoms with E-state index >= 15 is 0 Å². The molecule has 1 aliphatic carbocycles. The van der Waals surface area contributed by atoms with Gasteiger partial charge in [0.15, 0.2) is 0 Å². The van der Waals surface area contributed by atoms with Gasteiger partial charge < -0.3 is 16.4 Å². The van der Waals surface area contributed by atoms with Gasteiger partial charge in [0.1, 0.15) is 11.8 Å². The van der Waals surface area contributed by atoms with E-state index in [1.165, 1.54) is 37.1 Å². The van der Waals surface area contributed by atoms with Crippen LogP contribution in [0.3, 0.4) is 0 Å². The summed E-state index contributed by atoms with van der Waals surface area (Å²) in [5, 5.41) is 12.3. The molecule has 2 aromatic carbocycles. The molecule has 0 spiro atoms. The van der Waals surface area contributed by atoms with Gasteiger partial charge in [-0.15, -0.1) is 0 Å². The Morgan fingerprint density at radius 1 is 0.933 bits per heavy atom. The normalized spacial score (nSPS) is 19.3. The van der Waals surface area contributed by atoms with Gasteiger partial charge in [-0.2, -0.15) is 5.10 Å². The Bertz CT molecular complexity index is 920. The van der Waals surface area contributed by atoms with Gasteiger partial charge in [-0.1, -0.05) is 37.5 Å². The Morgan fingerprint density at radius 3 is 2.27 bits per heavy atom. The van der Waals surface area contributed by atoms with Crippen LogP contribution in [0.4, 0.5) is 17.1 Å². The molecule has 1 unspecified atom stereocenters. The van der Waals surface area contributed by atoms with Crippen LogP contribution in [0.1, 0.15) is 38.5 Å². The smallest absolute Gasteiger partial charge is 0.271 e. The molecule has 4 N–H and O–H groups in total. The van der Waals surface area contributed by atoms with Crippen LogP contribution in [-0.4, -0.2) is 29.6 Å². The van der Waals surface area contributed by atoms with Crippen LogP contribution < -0.4 is 21.4 Å². The number of hydrazone groups is 1. The zero-order valence-corrected chi connectivity index (χ0v) is 16.9. The lowest BCUT2D eigenvalue weighted by Gasteiger charge is -2.23. The quantitative estimate of drug-likeness (QED) is 0.685. The number of anilines is 3. The third-order valence-corrected chi connectivity index (χ3v) is 5.64. The Morgan fingerprint density at radius 2 is 1.60 bits per heavy atom.